The van der Waals surface area contributed by atoms with E-state index in [1.54, 1.807) is 4.90 Å². The van der Waals surface area contributed by atoms with Crippen LogP contribution in [0.3, 0.4) is 0 Å². The summed E-state index contributed by atoms with van der Waals surface area (Å²) in [4.78, 5) is 27.8. The molecular formula is C27H38N2O4. The Labute approximate surface area is 198 Å². The first-order chi connectivity index (χ1) is 15.9. The van der Waals surface area contributed by atoms with Crippen molar-refractivity contribution < 1.29 is 19.1 Å². The second-order valence-electron chi connectivity index (χ2n) is 7.98. The van der Waals surface area contributed by atoms with E-state index in [4.69, 9.17) is 9.47 Å². The number of aryl methyl sites for hydroxylation is 2. The second kappa shape index (κ2) is 13.5. The molecule has 1 N–H and O–H groups in total. The highest BCUT2D eigenvalue weighted by Crippen LogP contribution is 2.29. The minimum Gasteiger partial charge on any atom is -0.490 e. The maximum atomic E-state index is 13.4. The van der Waals surface area contributed by atoms with E-state index >= 15 is 0 Å². The first kappa shape index (κ1) is 26.2. The van der Waals surface area contributed by atoms with Crippen molar-refractivity contribution in [3.8, 4) is 11.5 Å². The largest absolute Gasteiger partial charge is 0.490 e. The molecular weight excluding hydrogens is 416 g/mol. The predicted molar refractivity (Wildman–Crippen MR) is 132 cm³/mol. The summed E-state index contributed by atoms with van der Waals surface area (Å²) < 4.78 is 11.4. The Balaban J connectivity index is 2.21. The molecule has 2 aromatic rings. The molecule has 0 unspecified atom stereocenters. The zero-order chi connectivity index (χ0) is 24.2. The number of amides is 2. The van der Waals surface area contributed by atoms with Crippen LogP contribution in [0.5, 0.6) is 11.5 Å². The lowest BCUT2D eigenvalue weighted by atomic mass is 10.0. The van der Waals surface area contributed by atoms with E-state index in [9.17, 15) is 9.59 Å². The highest BCUT2D eigenvalue weighted by molar-refractivity contribution is 5.87. The number of rotatable bonds is 13. The van der Waals surface area contributed by atoms with Gasteiger partial charge in [0.1, 0.15) is 6.04 Å². The van der Waals surface area contributed by atoms with Crippen LogP contribution in [-0.4, -0.2) is 42.5 Å². The van der Waals surface area contributed by atoms with Crippen molar-refractivity contribution in [2.45, 2.75) is 66.5 Å². The van der Waals surface area contributed by atoms with Crippen LogP contribution in [-0.2, 0) is 22.6 Å². The van der Waals surface area contributed by atoms with Crippen LogP contribution in [0, 0.1) is 6.92 Å². The van der Waals surface area contributed by atoms with Crippen LogP contribution < -0.4 is 14.8 Å². The Bertz CT molecular complexity index is 913. The van der Waals surface area contributed by atoms with Gasteiger partial charge in [-0.3, -0.25) is 9.59 Å². The normalized spacial score (nSPS) is 11.5. The van der Waals surface area contributed by atoms with Crippen molar-refractivity contribution in [1.29, 1.82) is 0 Å². The van der Waals surface area contributed by atoms with Crippen molar-refractivity contribution in [2.24, 2.45) is 0 Å². The number of hydrogen-bond donors (Lipinski definition) is 1. The van der Waals surface area contributed by atoms with Crippen LogP contribution in [0.1, 0.15) is 57.2 Å². The van der Waals surface area contributed by atoms with E-state index in [0.717, 1.165) is 16.7 Å². The van der Waals surface area contributed by atoms with E-state index in [1.165, 1.54) is 0 Å². The Morgan fingerprint density at radius 3 is 2.30 bits per heavy atom. The molecule has 0 fully saturated rings. The molecule has 2 rings (SSSR count). The standard InChI is InChI=1S/C27H38N2O4/c1-6-23(27(31)28-7-2)29(19-22-12-10-11-20(5)17-22)26(30)16-14-21-13-15-24(32-8-3)25(18-21)33-9-4/h10-13,15,17-18,23H,6-9,14,16,19H2,1-5H3,(H,28,31)/t23-/m1/s1. The summed E-state index contributed by atoms with van der Waals surface area (Å²) in [7, 11) is 0. The van der Waals surface area contributed by atoms with Gasteiger partial charge in [0, 0.05) is 19.5 Å². The number of nitrogens with one attached hydrogen (secondary N) is 1. The third-order valence-corrected chi connectivity index (χ3v) is 5.41. The quantitative estimate of drug-likeness (QED) is 0.478. The number of ether oxygens (including phenoxy) is 2. The lowest BCUT2D eigenvalue weighted by Crippen LogP contribution is -2.49. The molecule has 0 aliphatic carbocycles. The van der Waals surface area contributed by atoms with Gasteiger partial charge in [0.15, 0.2) is 11.5 Å². The van der Waals surface area contributed by atoms with Crippen molar-refractivity contribution in [3.63, 3.8) is 0 Å². The molecule has 180 valence electrons. The summed E-state index contributed by atoms with van der Waals surface area (Å²) in [6.45, 7) is 11.8. The molecule has 0 bridgehead atoms. The molecule has 6 heteroatoms. The SMILES string of the molecule is CCNC(=O)[C@@H](CC)N(Cc1cccc(C)c1)C(=O)CCc1ccc(OCC)c(OCC)c1. The number of nitrogens with zero attached hydrogens (tertiary/aromatic N) is 1. The molecule has 1 atom stereocenters. The van der Waals surface area contributed by atoms with Gasteiger partial charge in [-0.15, -0.1) is 0 Å². The van der Waals surface area contributed by atoms with Gasteiger partial charge < -0.3 is 19.7 Å². The number of likely N-dealkylation sites (N-methyl/N-ethyl adjacent to an activating group) is 1. The highest BCUT2D eigenvalue weighted by atomic mass is 16.5. The minimum absolute atomic E-state index is 0.0403. The van der Waals surface area contributed by atoms with Gasteiger partial charge in [0.05, 0.1) is 13.2 Å². The first-order valence-electron chi connectivity index (χ1n) is 11.9. The number of hydrogen-bond acceptors (Lipinski definition) is 4. The van der Waals surface area contributed by atoms with Gasteiger partial charge in [-0.25, -0.2) is 0 Å². The number of carbonyl (C=O) groups is 2. The van der Waals surface area contributed by atoms with Crippen molar-refractivity contribution in [1.82, 2.24) is 10.2 Å². The molecule has 0 aromatic heterocycles. The zero-order valence-electron chi connectivity index (χ0n) is 20.6. The molecule has 0 heterocycles. The Morgan fingerprint density at radius 2 is 1.67 bits per heavy atom. The highest BCUT2D eigenvalue weighted by Gasteiger charge is 2.28. The Hall–Kier alpha value is -3.02. The summed E-state index contributed by atoms with van der Waals surface area (Å²) in [5, 5.41) is 2.88. The van der Waals surface area contributed by atoms with Gasteiger partial charge in [-0.05, 0) is 63.8 Å². The van der Waals surface area contributed by atoms with Crippen molar-refractivity contribution >= 4 is 11.8 Å². The summed E-state index contributed by atoms with van der Waals surface area (Å²) in [5.74, 6) is 1.25. The van der Waals surface area contributed by atoms with E-state index < -0.39 is 6.04 Å². The zero-order valence-corrected chi connectivity index (χ0v) is 20.6. The summed E-state index contributed by atoms with van der Waals surface area (Å²) in [6, 6.07) is 13.4. The maximum absolute atomic E-state index is 13.4. The van der Waals surface area contributed by atoms with Gasteiger partial charge in [0.25, 0.3) is 0 Å². The summed E-state index contributed by atoms with van der Waals surface area (Å²) in [6.07, 6.45) is 1.42. The van der Waals surface area contributed by atoms with E-state index in [0.29, 0.717) is 57.1 Å². The van der Waals surface area contributed by atoms with Crippen molar-refractivity contribution in [2.75, 3.05) is 19.8 Å². The molecule has 0 saturated carbocycles. The summed E-state index contributed by atoms with van der Waals surface area (Å²) >= 11 is 0. The maximum Gasteiger partial charge on any atom is 0.242 e. The van der Waals surface area contributed by atoms with Crippen LogP contribution in [0.4, 0.5) is 0 Å². The number of carbonyl (C=O) groups excluding carboxylic acids is 2. The monoisotopic (exact) mass is 454 g/mol. The van der Waals surface area contributed by atoms with Crippen LogP contribution >= 0.6 is 0 Å². The fourth-order valence-corrected chi connectivity index (χ4v) is 3.86. The Kier molecular flexibility index (Phi) is 10.7. The molecule has 0 saturated heterocycles. The van der Waals surface area contributed by atoms with E-state index in [-0.39, 0.29) is 11.8 Å². The fraction of sp³-hybridized carbons (Fsp3) is 0.481. The third-order valence-electron chi connectivity index (χ3n) is 5.41. The lowest BCUT2D eigenvalue weighted by Gasteiger charge is -2.30. The van der Waals surface area contributed by atoms with Gasteiger partial charge in [-0.1, -0.05) is 42.8 Å². The molecule has 0 aliphatic heterocycles. The Morgan fingerprint density at radius 1 is 0.939 bits per heavy atom. The average molecular weight is 455 g/mol. The molecule has 0 aliphatic rings. The lowest BCUT2D eigenvalue weighted by molar-refractivity contribution is -0.141. The fourth-order valence-electron chi connectivity index (χ4n) is 3.86. The molecule has 2 aromatic carbocycles. The number of benzene rings is 2. The van der Waals surface area contributed by atoms with Crippen molar-refractivity contribution in [3.05, 3.63) is 59.2 Å². The van der Waals surface area contributed by atoms with Crippen LogP contribution in [0.15, 0.2) is 42.5 Å². The molecule has 33 heavy (non-hydrogen) atoms. The van der Waals surface area contributed by atoms with Gasteiger partial charge >= 0.3 is 0 Å². The van der Waals surface area contributed by atoms with E-state index in [1.807, 2.05) is 71.0 Å². The molecule has 0 radical (unpaired) electrons. The van der Waals surface area contributed by atoms with Crippen LogP contribution in [0.2, 0.25) is 0 Å². The summed E-state index contributed by atoms with van der Waals surface area (Å²) in [5.41, 5.74) is 3.14. The molecule has 2 amide bonds. The third kappa shape index (κ3) is 7.81. The molecule has 0 spiro atoms. The second-order valence-corrected chi connectivity index (χ2v) is 7.98. The topological polar surface area (TPSA) is 67.9 Å². The molecule has 6 nitrogen and oxygen atoms in total. The van der Waals surface area contributed by atoms with E-state index in [2.05, 4.69) is 11.4 Å². The average Bonchev–Trinajstić information content (AvgIpc) is 2.79. The minimum atomic E-state index is -0.503. The smallest absolute Gasteiger partial charge is 0.242 e. The predicted octanol–water partition coefficient (Wildman–Crippen LogP) is 4.67. The first-order valence-corrected chi connectivity index (χ1v) is 11.9. The van der Waals surface area contributed by atoms with Gasteiger partial charge in [-0.2, -0.15) is 0 Å². The van der Waals surface area contributed by atoms with Crippen LogP contribution in [0.25, 0.3) is 0 Å². The van der Waals surface area contributed by atoms with Gasteiger partial charge in [0.2, 0.25) is 11.8 Å².